The summed E-state index contributed by atoms with van der Waals surface area (Å²) >= 11 is 5.13. The van der Waals surface area contributed by atoms with E-state index in [9.17, 15) is 0 Å². The van der Waals surface area contributed by atoms with Gasteiger partial charge in [0.25, 0.3) is 0 Å². The molecular formula is C9H18N2OS. The number of hydrogen-bond donors (Lipinski definition) is 2. The first kappa shape index (κ1) is 10.7. The van der Waals surface area contributed by atoms with E-state index in [1.54, 1.807) is 0 Å². The van der Waals surface area contributed by atoms with Gasteiger partial charge in [-0.15, -0.1) is 0 Å². The number of nitrogens with one attached hydrogen (secondary N) is 2. The normalized spacial score (nSPS) is 27.2. The second kappa shape index (κ2) is 5.40. The van der Waals surface area contributed by atoms with Crippen LogP contribution in [0.25, 0.3) is 0 Å². The van der Waals surface area contributed by atoms with Crippen molar-refractivity contribution in [3.05, 3.63) is 0 Å². The van der Waals surface area contributed by atoms with Crippen LogP contribution in [-0.4, -0.2) is 30.4 Å². The van der Waals surface area contributed by atoms with E-state index in [1.165, 1.54) is 0 Å². The molecule has 1 fully saturated rings. The molecule has 0 radical (unpaired) electrons. The highest BCUT2D eigenvalue weighted by atomic mass is 32.1. The van der Waals surface area contributed by atoms with E-state index in [1.807, 2.05) is 0 Å². The third kappa shape index (κ3) is 3.48. The van der Waals surface area contributed by atoms with Crippen molar-refractivity contribution in [3.8, 4) is 0 Å². The average molecular weight is 202 g/mol. The lowest BCUT2D eigenvalue weighted by Crippen LogP contribution is -2.44. The summed E-state index contributed by atoms with van der Waals surface area (Å²) in [6.45, 7) is 5.98. The van der Waals surface area contributed by atoms with Gasteiger partial charge in [-0.1, -0.05) is 6.92 Å². The van der Waals surface area contributed by atoms with Gasteiger partial charge in [-0.05, 0) is 32.0 Å². The highest BCUT2D eigenvalue weighted by Crippen LogP contribution is 2.11. The lowest BCUT2D eigenvalue weighted by atomic mass is 10.2. The van der Waals surface area contributed by atoms with Gasteiger partial charge in [-0.2, -0.15) is 0 Å². The maximum absolute atomic E-state index is 5.42. The van der Waals surface area contributed by atoms with Crippen molar-refractivity contribution in [1.29, 1.82) is 0 Å². The van der Waals surface area contributed by atoms with Crippen LogP contribution in [0.2, 0.25) is 0 Å². The highest BCUT2D eigenvalue weighted by molar-refractivity contribution is 7.80. The van der Waals surface area contributed by atoms with E-state index < -0.39 is 0 Å². The fourth-order valence-corrected chi connectivity index (χ4v) is 1.63. The molecule has 0 unspecified atom stereocenters. The largest absolute Gasteiger partial charge is 0.376 e. The van der Waals surface area contributed by atoms with E-state index in [2.05, 4.69) is 24.5 Å². The number of rotatable bonds is 3. The SMILES string of the molecule is CCCNC(=S)N[C@@H]1CCO[C@@H]1C. The lowest BCUT2D eigenvalue weighted by Gasteiger charge is -2.18. The van der Waals surface area contributed by atoms with Crippen LogP contribution < -0.4 is 10.6 Å². The third-order valence-corrected chi connectivity index (χ3v) is 2.49. The minimum Gasteiger partial charge on any atom is -0.376 e. The molecule has 1 saturated heterocycles. The molecule has 1 rings (SSSR count). The summed E-state index contributed by atoms with van der Waals surface area (Å²) in [5, 5.41) is 7.16. The summed E-state index contributed by atoms with van der Waals surface area (Å²) in [4.78, 5) is 0. The number of hydrogen-bond acceptors (Lipinski definition) is 2. The van der Waals surface area contributed by atoms with Gasteiger partial charge in [-0.25, -0.2) is 0 Å². The maximum atomic E-state index is 5.42. The predicted molar refractivity (Wildman–Crippen MR) is 57.8 cm³/mol. The molecule has 2 N–H and O–H groups in total. The summed E-state index contributed by atoms with van der Waals surface area (Å²) in [7, 11) is 0. The number of ether oxygens (including phenoxy) is 1. The van der Waals surface area contributed by atoms with Crippen LogP contribution in [0.1, 0.15) is 26.7 Å². The van der Waals surface area contributed by atoms with E-state index >= 15 is 0 Å². The molecule has 0 aromatic heterocycles. The molecule has 0 amide bonds. The van der Waals surface area contributed by atoms with Gasteiger partial charge in [0, 0.05) is 13.2 Å². The van der Waals surface area contributed by atoms with Crippen LogP contribution >= 0.6 is 12.2 Å². The highest BCUT2D eigenvalue weighted by Gasteiger charge is 2.24. The molecule has 0 saturated carbocycles. The zero-order chi connectivity index (χ0) is 9.68. The molecule has 0 aromatic rings. The van der Waals surface area contributed by atoms with E-state index in [0.29, 0.717) is 6.04 Å². The molecule has 76 valence electrons. The van der Waals surface area contributed by atoms with Crippen LogP contribution in [0.15, 0.2) is 0 Å². The van der Waals surface area contributed by atoms with Crippen LogP contribution in [0.4, 0.5) is 0 Å². The fourth-order valence-electron chi connectivity index (χ4n) is 1.38. The Morgan fingerprint density at radius 2 is 2.38 bits per heavy atom. The molecule has 1 heterocycles. The second-order valence-electron chi connectivity index (χ2n) is 3.37. The van der Waals surface area contributed by atoms with Crippen molar-refractivity contribution in [3.63, 3.8) is 0 Å². The first-order valence-corrected chi connectivity index (χ1v) is 5.31. The van der Waals surface area contributed by atoms with Crippen molar-refractivity contribution in [2.45, 2.75) is 38.8 Å². The van der Waals surface area contributed by atoms with Crippen LogP contribution in [-0.2, 0) is 4.74 Å². The van der Waals surface area contributed by atoms with E-state index in [-0.39, 0.29) is 6.10 Å². The first-order valence-electron chi connectivity index (χ1n) is 4.90. The Labute approximate surface area is 85.2 Å². The molecule has 0 bridgehead atoms. The smallest absolute Gasteiger partial charge is 0.166 e. The van der Waals surface area contributed by atoms with Gasteiger partial charge in [-0.3, -0.25) is 0 Å². The number of thiocarbonyl (C=S) groups is 1. The van der Waals surface area contributed by atoms with Crippen molar-refractivity contribution >= 4 is 17.3 Å². The Balaban J connectivity index is 2.19. The molecular weight excluding hydrogens is 184 g/mol. The Bertz CT molecular complexity index is 175. The Kier molecular flexibility index (Phi) is 4.45. The fraction of sp³-hybridized carbons (Fsp3) is 0.889. The molecule has 4 heteroatoms. The van der Waals surface area contributed by atoms with Crippen molar-refractivity contribution in [2.24, 2.45) is 0 Å². The quantitative estimate of drug-likeness (QED) is 0.670. The summed E-state index contributed by atoms with van der Waals surface area (Å²) in [5.74, 6) is 0. The Morgan fingerprint density at radius 3 is 2.92 bits per heavy atom. The van der Waals surface area contributed by atoms with Gasteiger partial charge < -0.3 is 15.4 Å². The molecule has 1 aliphatic heterocycles. The lowest BCUT2D eigenvalue weighted by molar-refractivity contribution is 0.116. The minimum atomic E-state index is 0.279. The van der Waals surface area contributed by atoms with Gasteiger partial charge >= 0.3 is 0 Å². The zero-order valence-electron chi connectivity index (χ0n) is 8.30. The summed E-state index contributed by atoms with van der Waals surface area (Å²) in [6, 6.07) is 0.386. The standard InChI is InChI=1S/C9H18N2OS/c1-3-5-10-9(13)11-8-4-6-12-7(8)2/h7-8H,3-6H2,1-2H3,(H2,10,11,13)/t7-,8-/m1/s1. The molecule has 1 aliphatic rings. The topological polar surface area (TPSA) is 33.3 Å². The van der Waals surface area contributed by atoms with E-state index in [0.717, 1.165) is 31.1 Å². The van der Waals surface area contributed by atoms with Crippen molar-refractivity contribution in [2.75, 3.05) is 13.2 Å². The molecule has 13 heavy (non-hydrogen) atoms. The van der Waals surface area contributed by atoms with Gasteiger partial charge in [0.15, 0.2) is 5.11 Å². The second-order valence-corrected chi connectivity index (χ2v) is 3.78. The van der Waals surface area contributed by atoms with Crippen molar-refractivity contribution in [1.82, 2.24) is 10.6 Å². The summed E-state index contributed by atoms with van der Waals surface area (Å²) in [6.07, 6.45) is 2.43. The van der Waals surface area contributed by atoms with Gasteiger partial charge in [0.05, 0.1) is 12.1 Å². The van der Waals surface area contributed by atoms with Crippen LogP contribution in [0.3, 0.4) is 0 Å². The van der Waals surface area contributed by atoms with E-state index in [4.69, 9.17) is 17.0 Å². The van der Waals surface area contributed by atoms with Crippen LogP contribution in [0, 0.1) is 0 Å². The summed E-state index contributed by atoms with van der Waals surface area (Å²) in [5.41, 5.74) is 0. The van der Waals surface area contributed by atoms with Gasteiger partial charge in [0.2, 0.25) is 0 Å². The average Bonchev–Trinajstić information content (AvgIpc) is 2.48. The summed E-state index contributed by atoms with van der Waals surface area (Å²) < 4.78 is 5.42. The predicted octanol–water partition coefficient (Wildman–Crippen LogP) is 1.04. The first-order chi connectivity index (χ1) is 6.24. The Hall–Kier alpha value is -0.350. The van der Waals surface area contributed by atoms with Gasteiger partial charge in [0.1, 0.15) is 0 Å². The van der Waals surface area contributed by atoms with Crippen LogP contribution in [0.5, 0.6) is 0 Å². The Morgan fingerprint density at radius 1 is 1.62 bits per heavy atom. The zero-order valence-corrected chi connectivity index (χ0v) is 9.12. The minimum absolute atomic E-state index is 0.279. The molecule has 0 spiro atoms. The monoisotopic (exact) mass is 202 g/mol. The maximum Gasteiger partial charge on any atom is 0.166 e. The molecule has 3 nitrogen and oxygen atoms in total. The third-order valence-electron chi connectivity index (χ3n) is 2.23. The molecule has 0 aromatic carbocycles. The molecule has 0 aliphatic carbocycles. The van der Waals surface area contributed by atoms with Crippen molar-refractivity contribution < 1.29 is 4.74 Å². The molecule has 2 atom stereocenters.